The maximum atomic E-state index is 12.0. The fourth-order valence-corrected chi connectivity index (χ4v) is 2.41. The van der Waals surface area contributed by atoms with Gasteiger partial charge in [-0.05, 0) is 36.8 Å². The Kier molecular flexibility index (Phi) is 5.61. The SMILES string of the molecule is O=C(NCCc1ccc(Cl)nc1)N1CCC(CO)CC1. The van der Waals surface area contributed by atoms with Crippen LogP contribution in [0.25, 0.3) is 0 Å². The summed E-state index contributed by atoms with van der Waals surface area (Å²) < 4.78 is 0. The van der Waals surface area contributed by atoms with Crippen molar-refractivity contribution in [2.75, 3.05) is 26.2 Å². The number of halogens is 1. The van der Waals surface area contributed by atoms with E-state index in [1.165, 1.54) is 0 Å². The summed E-state index contributed by atoms with van der Waals surface area (Å²) >= 11 is 5.72. The first kappa shape index (κ1) is 15.1. The predicted octanol–water partition coefficient (Wildman–Crippen LogP) is 1.69. The van der Waals surface area contributed by atoms with E-state index in [1.807, 2.05) is 11.0 Å². The molecule has 1 aliphatic rings. The largest absolute Gasteiger partial charge is 0.396 e. The van der Waals surface area contributed by atoms with Gasteiger partial charge in [-0.15, -0.1) is 0 Å². The Morgan fingerprint density at radius 1 is 1.45 bits per heavy atom. The van der Waals surface area contributed by atoms with Crippen LogP contribution in [-0.4, -0.2) is 47.3 Å². The maximum absolute atomic E-state index is 12.0. The number of nitrogens with one attached hydrogen (secondary N) is 1. The summed E-state index contributed by atoms with van der Waals surface area (Å²) in [6, 6.07) is 3.63. The third-order valence-electron chi connectivity index (χ3n) is 3.64. The summed E-state index contributed by atoms with van der Waals surface area (Å²) in [6.07, 6.45) is 4.22. The molecule has 0 aliphatic carbocycles. The van der Waals surface area contributed by atoms with Crippen molar-refractivity contribution in [3.8, 4) is 0 Å². The molecule has 0 atom stereocenters. The van der Waals surface area contributed by atoms with E-state index in [0.717, 1.165) is 37.9 Å². The molecule has 20 heavy (non-hydrogen) atoms. The second kappa shape index (κ2) is 7.45. The number of aromatic nitrogens is 1. The number of pyridine rings is 1. The van der Waals surface area contributed by atoms with Crippen molar-refractivity contribution >= 4 is 17.6 Å². The van der Waals surface area contributed by atoms with Crippen LogP contribution in [0.1, 0.15) is 18.4 Å². The second-order valence-electron chi connectivity index (χ2n) is 5.08. The minimum absolute atomic E-state index is 0.0247. The molecule has 2 N–H and O–H groups in total. The number of urea groups is 1. The van der Waals surface area contributed by atoms with Crippen LogP contribution in [0.15, 0.2) is 18.3 Å². The highest BCUT2D eigenvalue weighted by Gasteiger charge is 2.21. The van der Waals surface area contributed by atoms with Gasteiger partial charge in [-0.1, -0.05) is 17.7 Å². The van der Waals surface area contributed by atoms with Crippen molar-refractivity contribution < 1.29 is 9.90 Å². The number of rotatable bonds is 4. The van der Waals surface area contributed by atoms with Gasteiger partial charge in [0.25, 0.3) is 0 Å². The molecule has 1 aromatic heterocycles. The summed E-state index contributed by atoms with van der Waals surface area (Å²) in [5, 5.41) is 12.5. The molecule has 1 saturated heterocycles. The maximum Gasteiger partial charge on any atom is 0.317 e. The van der Waals surface area contributed by atoms with Gasteiger partial charge in [0.1, 0.15) is 5.15 Å². The monoisotopic (exact) mass is 297 g/mol. The van der Waals surface area contributed by atoms with Gasteiger partial charge in [0, 0.05) is 32.4 Å². The predicted molar refractivity (Wildman–Crippen MR) is 77.7 cm³/mol. The lowest BCUT2D eigenvalue weighted by Crippen LogP contribution is -2.45. The van der Waals surface area contributed by atoms with E-state index in [4.69, 9.17) is 16.7 Å². The molecule has 2 heterocycles. The first-order valence-electron chi connectivity index (χ1n) is 6.93. The van der Waals surface area contributed by atoms with Gasteiger partial charge in [-0.25, -0.2) is 9.78 Å². The van der Waals surface area contributed by atoms with Crippen LogP contribution in [0.2, 0.25) is 5.15 Å². The van der Waals surface area contributed by atoms with E-state index in [9.17, 15) is 4.79 Å². The molecule has 2 rings (SSSR count). The number of carbonyl (C=O) groups is 1. The van der Waals surface area contributed by atoms with Gasteiger partial charge >= 0.3 is 6.03 Å². The smallest absolute Gasteiger partial charge is 0.317 e. The molecular weight excluding hydrogens is 278 g/mol. The van der Waals surface area contributed by atoms with Gasteiger partial charge in [0.15, 0.2) is 0 Å². The summed E-state index contributed by atoms with van der Waals surface area (Å²) in [6.45, 7) is 2.25. The first-order valence-corrected chi connectivity index (χ1v) is 7.31. The van der Waals surface area contributed by atoms with Crippen LogP contribution in [-0.2, 0) is 6.42 Å². The molecule has 1 aromatic rings. The van der Waals surface area contributed by atoms with E-state index >= 15 is 0 Å². The summed E-state index contributed by atoms with van der Waals surface area (Å²) in [4.78, 5) is 17.8. The van der Waals surface area contributed by atoms with Crippen LogP contribution in [0.3, 0.4) is 0 Å². The lowest BCUT2D eigenvalue weighted by Gasteiger charge is -2.31. The molecule has 1 fully saturated rings. The van der Waals surface area contributed by atoms with Gasteiger partial charge in [0.05, 0.1) is 0 Å². The van der Waals surface area contributed by atoms with Crippen LogP contribution in [0, 0.1) is 5.92 Å². The number of aliphatic hydroxyl groups is 1. The summed E-state index contributed by atoms with van der Waals surface area (Å²) in [5.74, 6) is 0.346. The van der Waals surface area contributed by atoms with Crippen molar-refractivity contribution in [1.29, 1.82) is 0 Å². The topological polar surface area (TPSA) is 65.5 Å². The van der Waals surface area contributed by atoms with E-state index in [0.29, 0.717) is 17.6 Å². The Labute approximate surface area is 123 Å². The zero-order valence-corrected chi connectivity index (χ0v) is 12.1. The average molecular weight is 298 g/mol. The number of amides is 2. The lowest BCUT2D eigenvalue weighted by molar-refractivity contribution is 0.137. The standard InChI is InChI=1S/C14H20ClN3O2/c15-13-2-1-11(9-17-13)3-6-16-14(20)18-7-4-12(10-19)5-8-18/h1-2,9,12,19H,3-8,10H2,(H,16,20). The second-order valence-corrected chi connectivity index (χ2v) is 5.47. The van der Waals surface area contributed by atoms with Crippen molar-refractivity contribution in [2.45, 2.75) is 19.3 Å². The Bertz CT molecular complexity index is 431. The van der Waals surface area contributed by atoms with Crippen LogP contribution in [0.5, 0.6) is 0 Å². The van der Waals surface area contributed by atoms with E-state index < -0.39 is 0 Å². The molecule has 5 nitrogen and oxygen atoms in total. The fourth-order valence-electron chi connectivity index (χ4n) is 2.30. The normalized spacial score (nSPS) is 16.2. The lowest BCUT2D eigenvalue weighted by atomic mass is 9.98. The zero-order valence-electron chi connectivity index (χ0n) is 11.4. The molecule has 2 amide bonds. The molecule has 110 valence electrons. The Balaban J connectivity index is 1.69. The van der Waals surface area contributed by atoms with Gasteiger partial charge in [-0.3, -0.25) is 0 Å². The molecule has 0 saturated carbocycles. The third-order valence-corrected chi connectivity index (χ3v) is 3.86. The number of nitrogens with zero attached hydrogens (tertiary/aromatic N) is 2. The molecule has 0 spiro atoms. The van der Waals surface area contributed by atoms with Crippen LogP contribution >= 0.6 is 11.6 Å². The van der Waals surface area contributed by atoms with E-state index in [-0.39, 0.29) is 12.6 Å². The van der Waals surface area contributed by atoms with Crippen molar-refractivity contribution in [3.05, 3.63) is 29.0 Å². The molecule has 0 bridgehead atoms. The Hall–Kier alpha value is -1.33. The number of aliphatic hydroxyl groups excluding tert-OH is 1. The minimum atomic E-state index is -0.0247. The van der Waals surface area contributed by atoms with Crippen LogP contribution < -0.4 is 5.32 Å². The minimum Gasteiger partial charge on any atom is -0.396 e. The molecule has 6 heteroatoms. The van der Waals surface area contributed by atoms with Crippen molar-refractivity contribution in [2.24, 2.45) is 5.92 Å². The Morgan fingerprint density at radius 2 is 2.20 bits per heavy atom. The fraction of sp³-hybridized carbons (Fsp3) is 0.571. The number of hydrogen-bond acceptors (Lipinski definition) is 3. The number of carbonyl (C=O) groups excluding carboxylic acids is 1. The number of piperidine rings is 1. The van der Waals surface area contributed by atoms with Gasteiger partial charge < -0.3 is 15.3 Å². The van der Waals surface area contributed by atoms with Gasteiger partial charge in [0.2, 0.25) is 0 Å². The highest BCUT2D eigenvalue weighted by atomic mass is 35.5. The average Bonchev–Trinajstić information content (AvgIpc) is 2.49. The van der Waals surface area contributed by atoms with Crippen LogP contribution in [0.4, 0.5) is 4.79 Å². The highest BCUT2D eigenvalue weighted by molar-refractivity contribution is 6.29. The van der Waals surface area contributed by atoms with Gasteiger partial charge in [-0.2, -0.15) is 0 Å². The number of hydrogen-bond donors (Lipinski definition) is 2. The third kappa shape index (κ3) is 4.35. The molecular formula is C14H20ClN3O2. The molecule has 0 unspecified atom stereocenters. The molecule has 0 radical (unpaired) electrons. The summed E-state index contributed by atoms with van der Waals surface area (Å²) in [7, 11) is 0. The quantitative estimate of drug-likeness (QED) is 0.831. The number of likely N-dealkylation sites (tertiary alicyclic amines) is 1. The Morgan fingerprint density at radius 3 is 2.80 bits per heavy atom. The van der Waals surface area contributed by atoms with Crippen molar-refractivity contribution in [3.63, 3.8) is 0 Å². The van der Waals surface area contributed by atoms with E-state index in [2.05, 4.69) is 10.3 Å². The van der Waals surface area contributed by atoms with Crippen molar-refractivity contribution in [1.82, 2.24) is 15.2 Å². The molecule has 0 aromatic carbocycles. The van der Waals surface area contributed by atoms with E-state index in [1.54, 1.807) is 12.3 Å². The highest BCUT2D eigenvalue weighted by Crippen LogP contribution is 2.16. The zero-order chi connectivity index (χ0) is 14.4. The molecule has 1 aliphatic heterocycles. The first-order chi connectivity index (χ1) is 9.69. The summed E-state index contributed by atoms with van der Waals surface area (Å²) in [5.41, 5.74) is 1.05.